The van der Waals surface area contributed by atoms with Gasteiger partial charge < -0.3 is 18.9 Å². The van der Waals surface area contributed by atoms with E-state index >= 15 is 0 Å². The van der Waals surface area contributed by atoms with E-state index in [1.807, 2.05) is 0 Å². The van der Waals surface area contributed by atoms with Gasteiger partial charge in [-0.2, -0.15) is 0 Å². The maximum absolute atomic E-state index is 2.77. The van der Waals surface area contributed by atoms with Crippen LogP contribution in [-0.2, 0) is 21.7 Å². The average molecular weight is 1630 g/mol. The summed E-state index contributed by atoms with van der Waals surface area (Å²) in [6.45, 7) is 32.8. The number of para-hydroxylation sites is 2. The van der Waals surface area contributed by atoms with Crippen LogP contribution in [0.3, 0.4) is 0 Å². The lowest BCUT2D eigenvalue weighted by atomic mass is 9.33. The quantitative estimate of drug-likeness (QED) is 0.107. The number of nitrogens with zero attached hydrogens (tertiary/aromatic N) is 4. The maximum atomic E-state index is 2.77. The van der Waals surface area contributed by atoms with E-state index in [-0.39, 0.29) is 34.3 Å². The zero-order valence-corrected chi connectivity index (χ0v) is 74.7. The Bertz CT molecular complexity index is 7080. The lowest BCUT2D eigenvalue weighted by molar-refractivity contribution is 0.590. The van der Waals surface area contributed by atoms with E-state index in [2.05, 4.69) is 492 Å². The SMILES string of the molecule is CC(C)c1cc2c3c(c1)N(c1c(-c4ccccc4)cc(C(C)(C)C)cc1-c1cccc(-c4cccc(-c5ccccc5)c4)c1)c1cc(-n4c5ccccc5c5cc(C(C)(C)C)ccc54)ccc1B3c1ccc(-n3c4ccccc4c4cc(C(C)(C)C)ccc43)cc1N2c1c(-c2ccccc2)cc(C(C)(C)C)cc1-c1cccc(-c2cccc(-c3ccccc3)c2)c1. The number of aromatic nitrogens is 2. The molecule has 0 aliphatic carbocycles. The first-order valence-corrected chi connectivity index (χ1v) is 45.0. The third kappa shape index (κ3) is 13.8. The molecule has 126 heavy (non-hydrogen) atoms. The van der Waals surface area contributed by atoms with Crippen LogP contribution in [0.5, 0.6) is 0 Å². The minimum absolute atomic E-state index is 0.0682. The van der Waals surface area contributed by atoms with Gasteiger partial charge in [-0.3, -0.25) is 0 Å². The highest BCUT2D eigenvalue weighted by Gasteiger charge is 2.47. The van der Waals surface area contributed by atoms with Crippen molar-refractivity contribution in [3.8, 4) is 100 Å². The number of anilines is 6. The Balaban J connectivity index is 0.917. The summed E-state index contributed by atoms with van der Waals surface area (Å²) >= 11 is 0. The molecule has 0 amide bonds. The molecule has 2 aliphatic heterocycles. The van der Waals surface area contributed by atoms with Crippen LogP contribution < -0.4 is 26.2 Å². The van der Waals surface area contributed by atoms with Crippen LogP contribution in [-0.4, -0.2) is 15.8 Å². The van der Waals surface area contributed by atoms with Crippen LogP contribution in [0.15, 0.2) is 376 Å². The van der Waals surface area contributed by atoms with Gasteiger partial charge in [0.25, 0.3) is 6.71 Å². The average Bonchev–Trinajstić information content (AvgIpc) is 0.712. The Hall–Kier alpha value is -14.0. The number of benzene rings is 17. The summed E-state index contributed by atoms with van der Waals surface area (Å²) in [6, 6.07) is 144. The second-order valence-corrected chi connectivity index (χ2v) is 39.5. The normalized spacial score (nSPS) is 12.9. The van der Waals surface area contributed by atoms with E-state index in [9.17, 15) is 0 Å². The molecule has 4 heterocycles. The summed E-state index contributed by atoms with van der Waals surface area (Å²) in [7, 11) is 0. The predicted molar refractivity (Wildman–Crippen MR) is 542 cm³/mol. The number of hydrogen-bond donors (Lipinski definition) is 0. The van der Waals surface area contributed by atoms with Gasteiger partial charge in [-0.05, 0) is 260 Å². The van der Waals surface area contributed by atoms with Crippen molar-refractivity contribution in [2.75, 3.05) is 9.80 Å². The monoisotopic (exact) mass is 1620 g/mol. The van der Waals surface area contributed by atoms with Crippen molar-refractivity contribution in [1.29, 1.82) is 0 Å². The van der Waals surface area contributed by atoms with Crippen LogP contribution in [0, 0.1) is 0 Å². The Morgan fingerprint density at radius 2 is 0.516 bits per heavy atom. The van der Waals surface area contributed by atoms with Crippen molar-refractivity contribution < 1.29 is 0 Å². The minimum atomic E-state index is -0.299. The largest absolute Gasteiger partial charge is 0.310 e. The summed E-state index contributed by atoms with van der Waals surface area (Å²) in [4.78, 5) is 5.54. The van der Waals surface area contributed by atoms with E-state index in [1.165, 1.54) is 110 Å². The third-order valence-corrected chi connectivity index (χ3v) is 26.8. The molecule has 0 saturated carbocycles. The molecule has 0 atom stereocenters. The van der Waals surface area contributed by atoms with Gasteiger partial charge in [-0.15, -0.1) is 0 Å². The lowest BCUT2D eigenvalue weighted by Crippen LogP contribution is -2.61. The van der Waals surface area contributed by atoms with Gasteiger partial charge in [0.15, 0.2) is 0 Å². The number of fused-ring (bicyclic) bond motifs is 10. The molecular formula is C121H105BN4. The van der Waals surface area contributed by atoms with Gasteiger partial charge in [0.2, 0.25) is 0 Å². The highest BCUT2D eigenvalue weighted by atomic mass is 15.2. The summed E-state index contributed by atoms with van der Waals surface area (Å²) in [5.74, 6) is 0.0691. The van der Waals surface area contributed by atoms with Gasteiger partial charge >= 0.3 is 0 Å². The molecular weight excluding hydrogens is 1520 g/mol. The molecule has 0 N–H and O–H groups in total. The van der Waals surface area contributed by atoms with Crippen LogP contribution in [0.4, 0.5) is 34.1 Å². The third-order valence-electron chi connectivity index (χ3n) is 26.8. The van der Waals surface area contributed by atoms with Gasteiger partial charge in [0.05, 0.1) is 33.4 Å². The molecule has 5 heteroatoms. The highest BCUT2D eigenvalue weighted by molar-refractivity contribution is 7.00. The standard InChI is InChI=1S/C121H105BN4/c1-77(2)90-67-113-115-114(68-90)126(117-100(81-41-25-18-26-42-81)72-94(121(12,13)14)74-102(117)89-50-34-48-87(66-89)85-46-32-44-83(64-85)79-37-21-16-22-38-79)112-76-96(124-108-54-30-28-52-98(108)104-70-92(119(6,7)8)56-62-110(104)124)58-60-106(112)122(115)105-59-57-95(123-107-53-29-27-51-97(107)103-69-91(118(3,4)5)55-61-109(103)123)75-111(105)125(113)116-99(80-39-23-17-24-40-80)71-93(120(9,10)11)73-101(116)88-49-33-47-86(65-88)84-45-31-43-82(63-84)78-35-19-15-20-36-78/h15-77H,1-14H3. The molecule has 0 bridgehead atoms. The fourth-order valence-corrected chi connectivity index (χ4v) is 20.0. The van der Waals surface area contributed by atoms with Crippen molar-refractivity contribution in [2.24, 2.45) is 0 Å². The molecule has 0 saturated heterocycles. The topological polar surface area (TPSA) is 16.3 Å². The molecule has 2 aromatic heterocycles. The fraction of sp³-hybridized carbons (Fsp3) is 0.157. The molecule has 4 nitrogen and oxygen atoms in total. The predicted octanol–water partition coefficient (Wildman–Crippen LogP) is 31.6. The fourth-order valence-electron chi connectivity index (χ4n) is 20.0. The molecule has 612 valence electrons. The molecule has 0 unspecified atom stereocenters. The molecule has 0 radical (unpaired) electrons. The zero-order chi connectivity index (χ0) is 86.4. The van der Waals surface area contributed by atoms with Crippen molar-refractivity contribution in [3.63, 3.8) is 0 Å². The minimum Gasteiger partial charge on any atom is -0.310 e. The van der Waals surface area contributed by atoms with Crippen molar-refractivity contribution in [3.05, 3.63) is 404 Å². The van der Waals surface area contributed by atoms with E-state index in [0.717, 1.165) is 112 Å². The zero-order valence-electron chi connectivity index (χ0n) is 74.7. The van der Waals surface area contributed by atoms with E-state index in [1.54, 1.807) is 0 Å². The Labute approximate surface area is 743 Å². The van der Waals surface area contributed by atoms with Crippen LogP contribution in [0.1, 0.15) is 131 Å². The van der Waals surface area contributed by atoms with Gasteiger partial charge in [0, 0.05) is 77.9 Å². The van der Waals surface area contributed by atoms with E-state index < -0.39 is 0 Å². The summed E-state index contributed by atoms with van der Waals surface area (Å²) in [5, 5.41) is 4.95. The molecule has 17 aromatic carbocycles. The van der Waals surface area contributed by atoms with Crippen LogP contribution in [0.2, 0.25) is 0 Å². The molecule has 19 aromatic rings. The second-order valence-electron chi connectivity index (χ2n) is 39.5. The van der Waals surface area contributed by atoms with Crippen LogP contribution in [0.25, 0.3) is 144 Å². The summed E-state index contributed by atoms with van der Waals surface area (Å²) < 4.78 is 5.11. The van der Waals surface area contributed by atoms with Crippen molar-refractivity contribution in [1.82, 2.24) is 9.13 Å². The summed E-state index contributed by atoms with van der Waals surface area (Å²) in [6.07, 6.45) is 0. The van der Waals surface area contributed by atoms with E-state index in [4.69, 9.17) is 0 Å². The van der Waals surface area contributed by atoms with Gasteiger partial charge in [0.1, 0.15) is 0 Å². The van der Waals surface area contributed by atoms with Gasteiger partial charge in [-0.1, -0.05) is 352 Å². The maximum Gasteiger partial charge on any atom is 0.252 e. The Kier molecular flexibility index (Phi) is 19.1. The first-order chi connectivity index (χ1) is 60.8. The molecule has 21 rings (SSSR count). The van der Waals surface area contributed by atoms with Crippen molar-refractivity contribution in [2.45, 2.75) is 125 Å². The first-order valence-electron chi connectivity index (χ1n) is 45.0. The Morgan fingerprint density at radius 1 is 0.222 bits per heavy atom. The summed E-state index contributed by atoms with van der Waals surface area (Å²) in [5.41, 5.74) is 41.5. The van der Waals surface area contributed by atoms with Gasteiger partial charge in [-0.25, -0.2) is 0 Å². The number of rotatable bonds is 13. The molecule has 0 fully saturated rings. The van der Waals surface area contributed by atoms with Crippen molar-refractivity contribution >= 4 is 101 Å². The van der Waals surface area contributed by atoms with Crippen LogP contribution >= 0.6 is 0 Å². The smallest absolute Gasteiger partial charge is 0.252 e. The second kappa shape index (κ2) is 30.5. The highest BCUT2D eigenvalue weighted by Crippen LogP contribution is 2.57. The number of hydrogen-bond acceptors (Lipinski definition) is 2. The Morgan fingerprint density at radius 3 is 0.865 bits per heavy atom. The van der Waals surface area contributed by atoms with E-state index in [0.29, 0.717) is 0 Å². The molecule has 2 aliphatic rings. The molecule has 0 spiro atoms. The first kappa shape index (κ1) is 79.2. The lowest BCUT2D eigenvalue weighted by Gasteiger charge is -2.46.